The largest absolute Gasteiger partial charge is 0.457 e. The number of nitrogens with zero attached hydrogens (tertiary/aromatic N) is 2. The Bertz CT molecular complexity index is 1360. The number of carbonyl (C=O) groups is 2. The average molecular weight is 486 g/mol. The van der Waals surface area contributed by atoms with Crippen molar-refractivity contribution in [2.75, 3.05) is 22.9 Å². The molecule has 0 saturated heterocycles. The number of benzene rings is 3. The second kappa shape index (κ2) is 9.86. The van der Waals surface area contributed by atoms with Crippen LogP contribution in [0.2, 0.25) is 0 Å². The number of rotatable bonds is 5. The SMILES string of the molecule is Nc1ccccc1NC(=O)c1nc2c(s1)CN(C(=O)Nc1ccc(Oc3ccccc3)cc1)CC2. The van der Waals surface area contributed by atoms with Crippen molar-refractivity contribution in [2.45, 2.75) is 13.0 Å². The number of nitrogen functional groups attached to an aromatic ring is 1. The summed E-state index contributed by atoms with van der Waals surface area (Å²) in [4.78, 5) is 32.6. The van der Waals surface area contributed by atoms with E-state index < -0.39 is 0 Å². The zero-order valence-corrected chi connectivity index (χ0v) is 19.5. The van der Waals surface area contributed by atoms with Crippen molar-refractivity contribution in [3.63, 3.8) is 0 Å². The quantitative estimate of drug-likeness (QED) is 0.330. The second-order valence-corrected chi connectivity index (χ2v) is 9.06. The molecule has 0 bridgehead atoms. The van der Waals surface area contributed by atoms with E-state index in [4.69, 9.17) is 10.5 Å². The van der Waals surface area contributed by atoms with E-state index in [-0.39, 0.29) is 11.9 Å². The third-order valence-electron chi connectivity index (χ3n) is 5.51. The Balaban J connectivity index is 1.19. The molecule has 4 N–H and O–H groups in total. The van der Waals surface area contributed by atoms with Gasteiger partial charge in [0.05, 0.1) is 23.6 Å². The first-order valence-electron chi connectivity index (χ1n) is 11.1. The van der Waals surface area contributed by atoms with E-state index in [2.05, 4.69) is 15.6 Å². The zero-order valence-electron chi connectivity index (χ0n) is 18.7. The number of nitrogens with two attached hydrogens (primary N) is 1. The maximum Gasteiger partial charge on any atom is 0.322 e. The van der Waals surface area contributed by atoms with Gasteiger partial charge in [0.1, 0.15) is 11.5 Å². The molecule has 1 aromatic heterocycles. The van der Waals surface area contributed by atoms with Gasteiger partial charge in [0.25, 0.3) is 5.91 Å². The number of hydrogen-bond acceptors (Lipinski definition) is 6. The third-order valence-corrected chi connectivity index (χ3v) is 6.59. The summed E-state index contributed by atoms with van der Waals surface area (Å²) in [5.41, 5.74) is 8.48. The van der Waals surface area contributed by atoms with Crippen molar-refractivity contribution in [1.29, 1.82) is 0 Å². The molecule has 3 aromatic carbocycles. The fourth-order valence-corrected chi connectivity index (χ4v) is 4.70. The van der Waals surface area contributed by atoms with Gasteiger partial charge in [0, 0.05) is 23.5 Å². The van der Waals surface area contributed by atoms with Gasteiger partial charge >= 0.3 is 6.03 Å². The van der Waals surface area contributed by atoms with Crippen LogP contribution in [0.5, 0.6) is 11.5 Å². The minimum atomic E-state index is -0.309. The van der Waals surface area contributed by atoms with Crippen LogP contribution >= 0.6 is 11.3 Å². The van der Waals surface area contributed by atoms with Gasteiger partial charge in [0.2, 0.25) is 0 Å². The minimum absolute atomic E-state index is 0.205. The zero-order chi connectivity index (χ0) is 24.2. The van der Waals surface area contributed by atoms with Crippen LogP contribution in [0.4, 0.5) is 21.9 Å². The van der Waals surface area contributed by atoms with Crippen molar-refractivity contribution >= 4 is 40.3 Å². The van der Waals surface area contributed by atoms with Gasteiger partial charge in [0.15, 0.2) is 5.01 Å². The lowest BCUT2D eigenvalue weighted by atomic mass is 10.2. The topological polar surface area (TPSA) is 110 Å². The lowest BCUT2D eigenvalue weighted by Crippen LogP contribution is -2.38. The van der Waals surface area contributed by atoms with Gasteiger partial charge in [-0.05, 0) is 48.5 Å². The average Bonchev–Trinajstić information content (AvgIpc) is 3.31. The molecule has 0 fully saturated rings. The van der Waals surface area contributed by atoms with Gasteiger partial charge in [-0.1, -0.05) is 30.3 Å². The summed E-state index contributed by atoms with van der Waals surface area (Å²) < 4.78 is 5.79. The number of nitrogens with one attached hydrogen (secondary N) is 2. The molecule has 8 nitrogen and oxygen atoms in total. The Morgan fingerprint density at radius 1 is 0.914 bits per heavy atom. The van der Waals surface area contributed by atoms with Crippen molar-refractivity contribution in [2.24, 2.45) is 0 Å². The van der Waals surface area contributed by atoms with Crippen molar-refractivity contribution in [3.8, 4) is 11.5 Å². The number of anilines is 3. The molecule has 0 atom stereocenters. The molecular formula is C26H23N5O3S. The van der Waals surface area contributed by atoms with Gasteiger partial charge in [-0.25, -0.2) is 9.78 Å². The van der Waals surface area contributed by atoms with E-state index in [0.29, 0.717) is 47.3 Å². The first kappa shape index (κ1) is 22.4. The number of aromatic nitrogens is 1. The summed E-state index contributed by atoms with van der Waals surface area (Å²) in [5, 5.41) is 6.08. The number of thiazole rings is 1. The van der Waals surface area contributed by atoms with E-state index in [0.717, 1.165) is 16.3 Å². The van der Waals surface area contributed by atoms with Crippen LogP contribution in [-0.2, 0) is 13.0 Å². The molecule has 3 amide bonds. The molecule has 2 heterocycles. The highest BCUT2D eigenvalue weighted by atomic mass is 32.1. The molecule has 35 heavy (non-hydrogen) atoms. The van der Waals surface area contributed by atoms with Crippen molar-refractivity contribution in [1.82, 2.24) is 9.88 Å². The number of fused-ring (bicyclic) bond motifs is 1. The Kier molecular flexibility index (Phi) is 6.32. The first-order chi connectivity index (χ1) is 17.0. The number of hydrogen-bond donors (Lipinski definition) is 3. The number of urea groups is 1. The summed E-state index contributed by atoms with van der Waals surface area (Å²) in [6, 6.07) is 23.6. The van der Waals surface area contributed by atoms with Crippen LogP contribution in [0, 0.1) is 0 Å². The molecule has 4 aromatic rings. The monoisotopic (exact) mass is 485 g/mol. The second-order valence-electron chi connectivity index (χ2n) is 7.97. The summed E-state index contributed by atoms with van der Waals surface area (Å²) in [5.74, 6) is 1.12. The lowest BCUT2D eigenvalue weighted by molar-refractivity contribution is 0.102. The standard InChI is InChI=1S/C26H23N5O3S/c27-20-8-4-5-9-21(20)29-24(32)25-30-22-14-15-31(16-23(22)35-25)26(33)28-17-10-12-19(13-11-17)34-18-6-2-1-3-7-18/h1-13H,14-16,27H2,(H,28,33)(H,29,32). The number of carbonyl (C=O) groups excluding carboxylic acids is 2. The Morgan fingerprint density at radius 2 is 1.63 bits per heavy atom. The molecule has 0 spiro atoms. The van der Waals surface area contributed by atoms with Crippen molar-refractivity contribution in [3.05, 3.63) is 94.4 Å². The van der Waals surface area contributed by atoms with Gasteiger partial charge in [-0.15, -0.1) is 11.3 Å². The van der Waals surface area contributed by atoms with E-state index in [1.165, 1.54) is 11.3 Å². The van der Waals surface area contributed by atoms with Crippen molar-refractivity contribution < 1.29 is 14.3 Å². The molecule has 5 rings (SSSR count). The highest BCUT2D eigenvalue weighted by molar-refractivity contribution is 7.13. The molecule has 1 aliphatic heterocycles. The highest BCUT2D eigenvalue weighted by Gasteiger charge is 2.26. The maximum absolute atomic E-state index is 12.8. The number of ether oxygens (including phenoxy) is 1. The van der Waals surface area contributed by atoms with E-state index in [1.807, 2.05) is 42.5 Å². The normalized spacial score (nSPS) is 12.5. The Hall–Kier alpha value is -4.37. The summed E-state index contributed by atoms with van der Waals surface area (Å²) >= 11 is 1.30. The van der Waals surface area contributed by atoms with E-state index >= 15 is 0 Å². The molecule has 1 aliphatic rings. The Labute approximate surface area is 206 Å². The fraction of sp³-hybridized carbons (Fsp3) is 0.115. The summed E-state index contributed by atoms with van der Waals surface area (Å²) in [7, 11) is 0. The molecule has 0 radical (unpaired) electrons. The fourth-order valence-electron chi connectivity index (χ4n) is 3.69. The number of amides is 3. The minimum Gasteiger partial charge on any atom is -0.457 e. The predicted octanol–water partition coefficient (Wildman–Crippen LogP) is 5.36. The Morgan fingerprint density at radius 3 is 2.40 bits per heavy atom. The predicted molar refractivity (Wildman–Crippen MR) is 137 cm³/mol. The smallest absolute Gasteiger partial charge is 0.322 e. The summed E-state index contributed by atoms with van der Waals surface area (Å²) in [6.07, 6.45) is 0.587. The molecule has 0 saturated carbocycles. The van der Waals surface area contributed by atoms with E-state index in [9.17, 15) is 9.59 Å². The summed E-state index contributed by atoms with van der Waals surface area (Å²) in [6.45, 7) is 0.916. The molecular weight excluding hydrogens is 462 g/mol. The first-order valence-corrected chi connectivity index (χ1v) is 11.9. The van der Waals surface area contributed by atoms with Crippen LogP contribution < -0.4 is 21.1 Å². The van der Waals surface area contributed by atoms with Crippen LogP contribution in [0.15, 0.2) is 78.9 Å². The number of para-hydroxylation sites is 3. The highest BCUT2D eigenvalue weighted by Crippen LogP contribution is 2.28. The third kappa shape index (κ3) is 5.25. The lowest BCUT2D eigenvalue weighted by Gasteiger charge is -2.26. The van der Waals surface area contributed by atoms with Crippen LogP contribution in [0.3, 0.4) is 0 Å². The van der Waals surface area contributed by atoms with Crippen LogP contribution in [0.25, 0.3) is 0 Å². The molecule has 176 valence electrons. The van der Waals surface area contributed by atoms with Crippen LogP contribution in [-0.4, -0.2) is 28.4 Å². The van der Waals surface area contributed by atoms with E-state index in [1.54, 1.807) is 41.3 Å². The molecule has 9 heteroatoms. The molecule has 0 aliphatic carbocycles. The van der Waals surface area contributed by atoms with Gasteiger partial charge < -0.3 is 26.0 Å². The molecule has 0 unspecified atom stereocenters. The van der Waals surface area contributed by atoms with Gasteiger partial charge in [-0.2, -0.15) is 0 Å². The van der Waals surface area contributed by atoms with Gasteiger partial charge in [-0.3, -0.25) is 4.79 Å². The maximum atomic E-state index is 12.8. The van der Waals surface area contributed by atoms with Crippen LogP contribution in [0.1, 0.15) is 20.4 Å².